The molecule has 1 saturated heterocycles. The van der Waals surface area contributed by atoms with Crippen molar-refractivity contribution < 1.29 is 8.42 Å². The summed E-state index contributed by atoms with van der Waals surface area (Å²) in [6.07, 6.45) is 1.52. The van der Waals surface area contributed by atoms with E-state index in [9.17, 15) is 8.42 Å². The fraction of sp³-hybridized carbons (Fsp3) is 0.368. The smallest absolute Gasteiger partial charge is 0.217 e. The Bertz CT molecular complexity index is 946. The van der Waals surface area contributed by atoms with Crippen molar-refractivity contribution in [3.05, 3.63) is 63.1 Å². The number of piperazine rings is 1. The second-order valence-corrected chi connectivity index (χ2v) is 10.5. The van der Waals surface area contributed by atoms with Crippen LogP contribution >= 0.6 is 34.8 Å². The van der Waals surface area contributed by atoms with E-state index in [1.807, 2.05) is 30.3 Å². The molecule has 0 aromatic heterocycles. The van der Waals surface area contributed by atoms with Crippen LogP contribution in [0.25, 0.3) is 0 Å². The second kappa shape index (κ2) is 7.45. The molecular formula is C19H19Cl3N2O2S. The molecule has 4 rings (SSSR count). The first kappa shape index (κ1) is 19.3. The van der Waals surface area contributed by atoms with Crippen molar-refractivity contribution in [3.8, 4) is 0 Å². The lowest BCUT2D eigenvalue weighted by atomic mass is 10.0. The molecule has 1 saturated carbocycles. The van der Waals surface area contributed by atoms with Gasteiger partial charge in [0.15, 0.2) is 0 Å². The Morgan fingerprint density at radius 1 is 0.889 bits per heavy atom. The van der Waals surface area contributed by atoms with Crippen LogP contribution in [0, 0.1) is 0 Å². The minimum atomic E-state index is -3.23. The number of benzene rings is 2. The largest absolute Gasteiger partial charge is 0.361 e. The van der Waals surface area contributed by atoms with Gasteiger partial charge in [-0.1, -0.05) is 46.9 Å². The van der Waals surface area contributed by atoms with Gasteiger partial charge in [0.2, 0.25) is 10.0 Å². The van der Waals surface area contributed by atoms with Crippen LogP contribution < -0.4 is 4.90 Å². The molecule has 2 aliphatic rings. The molecule has 0 spiro atoms. The van der Waals surface area contributed by atoms with E-state index in [4.69, 9.17) is 34.8 Å². The van der Waals surface area contributed by atoms with Crippen molar-refractivity contribution in [2.75, 3.05) is 24.5 Å². The van der Waals surface area contributed by atoms with Gasteiger partial charge < -0.3 is 4.90 Å². The number of halogens is 3. The fourth-order valence-electron chi connectivity index (χ4n) is 3.54. The van der Waals surface area contributed by atoms with Gasteiger partial charge in [-0.05, 0) is 48.7 Å². The summed E-state index contributed by atoms with van der Waals surface area (Å²) < 4.78 is 27.2. The topological polar surface area (TPSA) is 40.6 Å². The maximum atomic E-state index is 12.8. The molecule has 1 heterocycles. The Kier molecular flexibility index (Phi) is 5.34. The van der Waals surface area contributed by atoms with Crippen molar-refractivity contribution in [1.29, 1.82) is 0 Å². The zero-order valence-electron chi connectivity index (χ0n) is 14.5. The summed E-state index contributed by atoms with van der Waals surface area (Å²) in [6.45, 7) is 1.39. The first-order valence-electron chi connectivity index (χ1n) is 8.82. The number of rotatable bonds is 4. The third-order valence-electron chi connectivity index (χ3n) is 5.12. The third-order valence-corrected chi connectivity index (χ3v) is 8.28. The Morgan fingerprint density at radius 2 is 1.56 bits per heavy atom. The molecule has 0 amide bonds. The molecule has 0 N–H and O–H groups in total. The van der Waals surface area contributed by atoms with E-state index in [0.29, 0.717) is 34.7 Å². The van der Waals surface area contributed by atoms with Crippen LogP contribution in [0.4, 0.5) is 5.69 Å². The lowest BCUT2D eigenvalue weighted by Crippen LogP contribution is -2.51. The van der Waals surface area contributed by atoms with Gasteiger partial charge in [0.05, 0.1) is 22.0 Å². The van der Waals surface area contributed by atoms with E-state index >= 15 is 0 Å². The summed E-state index contributed by atoms with van der Waals surface area (Å²) in [4.78, 5) is 2.15. The highest BCUT2D eigenvalue weighted by atomic mass is 35.5. The van der Waals surface area contributed by atoms with Crippen molar-refractivity contribution in [3.63, 3.8) is 0 Å². The standard InChI is InChI=1S/C19H19Cl3N2O2S/c20-14-3-1-13(2-4-14)19-12-23(27(25,26)16-6-7-16)9-10-24(19)18-8-5-15(21)11-17(18)22/h1-5,8,11,16,19H,6-7,9-10,12H2. The van der Waals surface area contributed by atoms with Gasteiger partial charge in [-0.3, -0.25) is 0 Å². The minimum Gasteiger partial charge on any atom is -0.361 e. The Labute approximate surface area is 174 Å². The van der Waals surface area contributed by atoms with E-state index in [1.165, 1.54) is 0 Å². The number of sulfonamides is 1. The van der Waals surface area contributed by atoms with Crippen LogP contribution in [0.1, 0.15) is 24.4 Å². The zero-order valence-corrected chi connectivity index (χ0v) is 17.6. The van der Waals surface area contributed by atoms with Crippen LogP contribution in [0.3, 0.4) is 0 Å². The molecule has 0 radical (unpaired) electrons. The highest BCUT2D eigenvalue weighted by Gasteiger charge is 2.43. The molecule has 0 bridgehead atoms. The summed E-state index contributed by atoms with van der Waals surface area (Å²) in [5.41, 5.74) is 1.85. The van der Waals surface area contributed by atoms with Crippen molar-refractivity contribution in [1.82, 2.24) is 4.31 Å². The van der Waals surface area contributed by atoms with Crippen LogP contribution in [-0.2, 0) is 10.0 Å². The molecule has 2 fully saturated rings. The van der Waals surface area contributed by atoms with E-state index in [2.05, 4.69) is 4.90 Å². The van der Waals surface area contributed by atoms with Crippen molar-refractivity contribution in [2.45, 2.75) is 24.1 Å². The number of anilines is 1. The lowest BCUT2D eigenvalue weighted by molar-refractivity contribution is 0.335. The predicted molar refractivity (Wildman–Crippen MR) is 112 cm³/mol. The Hall–Kier alpha value is -0.980. The fourth-order valence-corrected chi connectivity index (χ4v) is 6.02. The van der Waals surface area contributed by atoms with Gasteiger partial charge in [-0.25, -0.2) is 8.42 Å². The SMILES string of the molecule is O=S(=O)(C1CC1)N1CCN(c2ccc(Cl)cc2Cl)C(c2ccc(Cl)cc2)C1. The molecular weight excluding hydrogens is 427 g/mol. The maximum absolute atomic E-state index is 12.8. The van der Waals surface area contributed by atoms with Gasteiger partial charge in [0.1, 0.15) is 0 Å². The van der Waals surface area contributed by atoms with E-state index in [1.54, 1.807) is 16.4 Å². The predicted octanol–water partition coefficient (Wildman–Crippen LogP) is 5.00. The highest BCUT2D eigenvalue weighted by molar-refractivity contribution is 7.90. The number of nitrogens with zero attached hydrogens (tertiary/aromatic N) is 2. The maximum Gasteiger partial charge on any atom is 0.217 e. The molecule has 1 atom stereocenters. The minimum absolute atomic E-state index is 0.150. The zero-order chi connectivity index (χ0) is 19.2. The summed E-state index contributed by atoms with van der Waals surface area (Å²) in [5, 5.41) is 1.56. The quantitative estimate of drug-likeness (QED) is 0.665. The summed E-state index contributed by atoms with van der Waals surface area (Å²) in [5.74, 6) is 0. The molecule has 2 aromatic rings. The van der Waals surface area contributed by atoms with E-state index in [0.717, 1.165) is 24.1 Å². The second-order valence-electron chi connectivity index (χ2n) is 6.96. The monoisotopic (exact) mass is 444 g/mol. The molecule has 1 aliphatic heterocycles. The Morgan fingerprint density at radius 3 is 2.19 bits per heavy atom. The Balaban J connectivity index is 1.70. The molecule has 27 heavy (non-hydrogen) atoms. The van der Waals surface area contributed by atoms with Crippen LogP contribution in [0.2, 0.25) is 15.1 Å². The first-order chi connectivity index (χ1) is 12.9. The number of hydrogen-bond acceptors (Lipinski definition) is 3. The molecule has 4 nitrogen and oxygen atoms in total. The first-order valence-corrected chi connectivity index (χ1v) is 11.5. The third kappa shape index (κ3) is 3.94. The molecule has 144 valence electrons. The molecule has 1 aliphatic carbocycles. The number of hydrogen-bond donors (Lipinski definition) is 0. The molecule has 1 unspecified atom stereocenters. The molecule has 8 heteroatoms. The van der Waals surface area contributed by atoms with Gasteiger partial charge in [-0.15, -0.1) is 0 Å². The van der Waals surface area contributed by atoms with Gasteiger partial charge >= 0.3 is 0 Å². The lowest BCUT2D eigenvalue weighted by Gasteiger charge is -2.43. The highest BCUT2D eigenvalue weighted by Crippen LogP contribution is 2.39. The average Bonchev–Trinajstić information content (AvgIpc) is 3.48. The summed E-state index contributed by atoms with van der Waals surface area (Å²) in [7, 11) is -3.23. The van der Waals surface area contributed by atoms with Crippen LogP contribution in [0.5, 0.6) is 0 Å². The van der Waals surface area contributed by atoms with Gasteiger partial charge in [0.25, 0.3) is 0 Å². The van der Waals surface area contributed by atoms with Crippen molar-refractivity contribution in [2.24, 2.45) is 0 Å². The summed E-state index contributed by atoms with van der Waals surface area (Å²) >= 11 is 18.5. The van der Waals surface area contributed by atoms with Gasteiger partial charge in [0, 0.05) is 29.7 Å². The van der Waals surface area contributed by atoms with Crippen LogP contribution in [-0.4, -0.2) is 37.6 Å². The van der Waals surface area contributed by atoms with Gasteiger partial charge in [-0.2, -0.15) is 4.31 Å². The average molecular weight is 446 g/mol. The normalized spacial score (nSPS) is 21.4. The molecule has 2 aromatic carbocycles. The van der Waals surface area contributed by atoms with Crippen LogP contribution in [0.15, 0.2) is 42.5 Å². The van der Waals surface area contributed by atoms with Crippen molar-refractivity contribution >= 4 is 50.5 Å². The van der Waals surface area contributed by atoms with E-state index < -0.39 is 10.0 Å². The van der Waals surface area contributed by atoms with E-state index in [-0.39, 0.29) is 11.3 Å². The summed E-state index contributed by atoms with van der Waals surface area (Å²) in [6, 6.07) is 12.8.